The minimum Gasteiger partial charge on any atom is -0.369 e. The zero-order valence-electron chi connectivity index (χ0n) is 11.9. The molecule has 0 amide bonds. The molecule has 0 radical (unpaired) electrons. The molecule has 0 saturated heterocycles. The Bertz CT molecular complexity index is 713. The topological polar surface area (TPSA) is 75.0 Å². The first-order valence-electron chi connectivity index (χ1n) is 6.89. The third-order valence-electron chi connectivity index (χ3n) is 3.75. The first-order chi connectivity index (χ1) is 10.2. The number of nitrogens with two attached hydrogens (primary N) is 1. The van der Waals surface area contributed by atoms with Gasteiger partial charge in [0.15, 0.2) is 0 Å². The van der Waals surface area contributed by atoms with Crippen molar-refractivity contribution in [2.75, 3.05) is 18.5 Å². The van der Waals surface area contributed by atoms with Crippen molar-refractivity contribution in [1.82, 2.24) is 14.9 Å². The number of rotatable bonds is 3. The SMILES string of the molecule is CSc1ccccc1CN1CCc2nc(N)[nH]c(=O)c2C1. The Morgan fingerprint density at radius 3 is 3.05 bits per heavy atom. The number of H-pyrrole nitrogens is 1. The molecule has 2 aromatic rings. The molecule has 5 nitrogen and oxygen atoms in total. The Hall–Kier alpha value is -1.79. The molecular weight excluding hydrogens is 284 g/mol. The van der Waals surface area contributed by atoms with Gasteiger partial charge in [-0.25, -0.2) is 4.98 Å². The number of anilines is 1. The Balaban J connectivity index is 1.82. The molecule has 2 heterocycles. The molecule has 1 aliphatic rings. The number of aromatic amines is 1. The molecule has 0 aliphatic carbocycles. The zero-order chi connectivity index (χ0) is 14.8. The average Bonchev–Trinajstić information content (AvgIpc) is 2.48. The van der Waals surface area contributed by atoms with Crippen LogP contribution in [0.1, 0.15) is 16.8 Å². The second-order valence-electron chi connectivity index (χ2n) is 5.15. The zero-order valence-corrected chi connectivity index (χ0v) is 12.7. The van der Waals surface area contributed by atoms with E-state index in [0.717, 1.165) is 30.8 Å². The summed E-state index contributed by atoms with van der Waals surface area (Å²) in [5.74, 6) is 0.208. The summed E-state index contributed by atoms with van der Waals surface area (Å²) in [5.41, 5.74) is 8.37. The van der Waals surface area contributed by atoms with Crippen molar-refractivity contribution in [2.45, 2.75) is 24.4 Å². The van der Waals surface area contributed by atoms with Crippen LogP contribution in [0.15, 0.2) is 34.0 Å². The Morgan fingerprint density at radius 1 is 1.43 bits per heavy atom. The van der Waals surface area contributed by atoms with E-state index >= 15 is 0 Å². The normalized spacial score (nSPS) is 14.9. The molecule has 1 aromatic heterocycles. The molecule has 21 heavy (non-hydrogen) atoms. The van der Waals surface area contributed by atoms with E-state index in [-0.39, 0.29) is 11.5 Å². The highest BCUT2D eigenvalue weighted by atomic mass is 32.2. The van der Waals surface area contributed by atoms with Crippen molar-refractivity contribution in [3.63, 3.8) is 0 Å². The maximum atomic E-state index is 12.0. The van der Waals surface area contributed by atoms with Crippen molar-refractivity contribution in [2.24, 2.45) is 0 Å². The van der Waals surface area contributed by atoms with E-state index in [1.165, 1.54) is 10.5 Å². The molecule has 0 spiro atoms. The highest BCUT2D eigenvalue weighted by Gasteiger charge is 2.21. The van der Waals surface area contributed by atoms with Crippen molar-refractivity contribution >= 4 is 17.7 Å². The number of benzene rings is 1. The van der Waals surface area contributed by atoms with Gasteiger partial charge in [-0.05, 0) is 17.9 Å². The van der Waals surface area contributed by atoms with Gasteiger partial charge in [-0.3, -0.25) is 14.7 Å². The van der Waals surface area contributed by atoms with Gasteiger partial charge in [0.05, 0.1) is 11.3 Å². The van der Waals surface area contributed by atoms with Gasteiger partial charge in [0.25, 0.3) is 5.56 Å². The molecule has 1 aliphatic heterocycles. The van der Waals surface area contributed by atoms with Crippen LogP contribution in [0.5, 0.6) is 0 Å². The van der Waals surface area contributed by atoms with Gasteiger partial charge in [0.1, 0.15) is 0 Å². The van der Waals surface area contributed by atoms with Gasteiger partial charge in [0, 0.05) is 31.0 Å². The third kappa shape index (κ3) is 2.96. The minimum atomic E-state index is -0.111. The van der Waals surface area contributed by atoms with Crippen LogP contribution in [0.25, 0.3) is 0 Å². The highest BCUT2D eigenvalue weighted by molar-refractivity contribution is 7.98. The van der Waals surface area contributed by atoms with E-state index in [4.69, 9.17) is 5.73 Å². The first-order valence-corrected chi connectivity index (χ1v) is 8.11. The summed E-state index contributed by atoms with van der Waals surface area (Å²) in [5, 5.41) is 0. The fraction of sp³-hybridized carbons (Fsp3) is 0.333. The summed E-state index contributed by atoms with van der Waals surface area (Å²) < 4.78 is 0. The fourth-order valence-corrected chi connectivity index (χ4v) is 3.32. The largest absolute Gasteiger partial charge is 0.369 e. The highest BCUT2D eigenvalue weighted by Crippen LogP contribution is 2.23. The molecule has 1 aromatic carbocycles. The standard InChI is InChI=1S/C15H18N4OS/c1-21-13-5-3-2-4-10(13)8-19-7-6-12-11(9-19)14(20)18-15(16)17-12/h2-5H,6-9H2,1H3,(H3,16,17,18,20). The van der Waals surface area contributed by atoms with Crippen LogP contribution in [-0.4, -0.2) is 27.7 Å². The summed E-state index contributed by atoms with van der Waals surface area (Å²) in [7, 11) is 0. The Labute approximate surface area is 127 Å². The third-order valence-corrected chi connectivity index (χ3v) is 4.59. The van der Waals surface area contributed by atoms with Crippen LogP contribution in [-0.2, 0) is 19.5 Å². The molecule has 3 rings (SSSR count). The summed E-state index contributed by atoms with van der Waals surface area (Å²) in [6.07, 6.45) is 2.85. The van der Waals surface area contributed by atoms with Gasteiger partial charge in [-0.15, -0.1) is 11.8 Å². The van der Waals surface area contributed by atoms with Gasteiger partial charge in [-0.2, -0.15) is 0 Å². The van der Waals surface area contributed by atoms with Crippen LogP contribution >= 0.6 is 11.8 Å². The predicted molar refractivity (Wildman–Crippen MR) is 85.3 cm³/mol. The quantitative estimate of drug-likeness (QED) is 0.843. The fourth-order valence-electron chi connectivity index (χ4n) is 2.71. The van der Waals surface area contributed by atoms with E-state index in [0.29, 0.717) is 6.54 Å². The van der Waals surface area contributed by atoms with E-state index in [9.17, 15) is 4.79 Å². The van der Waals surface area contributed by atoms with Crippen molar-refractivity contribution in [1.29, 1.82) is 0 Å². The smallest absolute Gasteiger partial charge is 0.257 e. The molecule has 0 bridgehead atoms. The van der Waals surface area contributed by atoms with Gasteiger partial charge in [0.2, 0.25) is 5.95 Å². The maximum absolute atomic E-state index is 12.0. The second-order valence-corrected chi connectivity index (χ2v) is 6.00. The van der Waals surface area contributed by atoms with E-state index in [2.05, 4.69) is 45.4 Å². The van der Waals surface area contributed by atoms with Crippen molar-refractivity contribution in [3.05, 3.63) is 51.4 Å². The van der Waals surface area contributed by atoms with E-state index in [1.54, 1.807) is 11.8 Å². The lowest BCUT2D eigenvalue weighted by Gasteiger charge is -2.28. The summed E-state index contributed by atoms with van der Waals surface area (Å²) >= 11 is 1.75. The molecule has 0 atom stereocenters. The van der Waals surface area contributed by atoms with Gasteiger partial charge < -0.3 is 5.73 Å². The van der Waals surface area contributed by atoms with Gasteiger partial charge in [-0.1, -0.05) is 18.2 Å². The molecule has 110 valence electrons. The summed E-state index contributed by atoms with van der Waals surface area (Å²) in [6.45, 7) is 2.37. The summed E-state index contributed by atoms with van der Waals surface area (Å²) in [6, 6.07) is 8.39. The number of hydrogen-bond donors (Lipinski definition) is 2. The maximum Gasteiger partial charge on any atom is 0.257 e. The van der Waals surface area contributed by atoms with Crippen molar-refractivity contribution < 1.29 is 0 Å². The van der Waals surface area contributed by atoms with Crippen LogP contribution in [0.3, 0.4) is 0 Å². The van der Waals surface area contributed by atoms with E-state index in [1.807, 2.05) is 0 Å². The molecule has 0 fully saturated rings. The van der Waals surface area contributed by atoms with Crippen molar-refractivity contribution in [3.8, 4) is 0 Å². The number of hydrogen-bond acceptors (Lipinski definition) is 5. The molecule has 6 heteroatoms. The number of thioether (sulfide) groups is 1. The molecule has 0 unspecified atom stereocenters. The Kier molecular flexibility index (Phi) is 3.98. The lowest BCUT2D eigenvalue weighted by Crippen LogP contribution is -2.35. The lowest BCUT2D eigenvalue weighted by molar-refractivity contribution is 0.240. The molecular formula is C15H18N4OS. The average molecular weight is 302 g/mol. The van der Waals surface area contributed by atoms with Crippen LogP contribution in [0, 0.1) is 0 Å². The Morgan fingerprint density at radius 2 is 2.24 bits per heavy atom. The van der Waals surface area contributed by atoms with Crippen LogP contribution in [0.4, 0.5) is 5.95 Å². The molecule has 3 N–H and O–H groups in total. The minimum absolute atomic E-state index is 0.111. The lowest BCUT2D eigenvalue weighted by atomic mass is 10.1. The number of aromatic nitrogens is 2. The number of nitrogens with zero attached hydrogens (tertiary/aromatic N) is 2. The van der Waals surface area contributed by atoms with E-state index < -0.39 is 0 Å². The number of nitrogens with one attached hydrogen (secondary N) is 1. The monoisotopic (exact) mass is 302 g/mol. The number of nitrogen functional groups attached to an aromatic ring is 1. The van der Waals surface area contributed by atoms with Crippen LogP contribution < -0.4 is 11.3 Å². The second kappa shape index (κ2) is 5.91. The predicted octanol–water partition coefficient (Wildman–Crippen LogP) is 1.63. The van der Waals surface area contributed by atoms with Gasteiger partial charge >= 0.3 is 0 Å². The first kappa shape index (κ1) is 14.2. The van der Waals surface area contributed by atoms with Crippen LogP contribution in [0.2, 0.25) is 0 Å². The number of fused-ring (bicyclic) bond motifs is 1. The molecule has 0 saturated carbocycles. The summed E-state index contributed by atoms with van der Waals surface area (Å²) in [4.78, 5) is 22.4.